The molecule has 7 nitrogen and oxygen atoms in total. The summed E-state index contributed by atoms with van der Waals surface area (Å²) >= 11 is 0. The van der Waals surface area contributed by atoms with Crippen molar-refractivity contribution < 1.29 is 28.2 Å². The predicted molar refractivity (Wildman–Crippen MR) is 53.6 cm³/mol. The fraction of sp³-hybridized carbons (Fsp3) is 0.111. The number of anilines is 1. The van der Waals surface area contributed by atoms with Gasteiger partial charge in [-0.1, -0.05) is 0 Å². The van der Waals surface area contributed by atoms with Crippen LogP contribution >= 0.6 is 0 Å². The molecule has 0 aliphatic rings. The van der Waals surface area contributed by atoms with Crippen molar-refractivity contribution in [1.82, 2.24) is 0 Å². The molecule has 17 heavy (non-hydrogen) atoms. The van der Waals surface area contributed by atoms with Crippen LogP contribution in [0, 0.1) is 0 Å². The zero-order chi connectivity index (χ0) is 13.2. The molecule has 0 spiro atoms. The molecular formula is C9H7NO6S-2. The fourth-order valence-electron chi connectivity index (χ4n) is 1.14. The summed E-state index contributed by atoms with van der Waals surface area (Å²) in [7, 11) is -3.64. The van der Waals surface area contributed by atoms with Crippen LogP contribution in [-0.2, 0) is 10.0 Å². The number of sulfonamides is 1. The van der Waals surface area contributed by atoms with Crippen molar-refractivity contribution in [1.29, 1.82) is 0 Å². The summed E-state index contributed by atoms with van der Waals surface area (Å²) in [5, 5.41) is 21.2. The van der Waals surface area contributed by atoms with E-state index in [1.54, 1.807) is 0 Å². The number of hydrogen-bond donors (Lipinski definition) is 1. The first-order chi connectivity index (χ1) is 7.69. The monoisotopic (exact) mass is 257 g/mol. The molecule has 0 atom stereocenters. The first-order valence-electron chi connectivity index (χ1n) is 4.24. The van der Waals surface area contributed by atoms with Crippen molar-refractivity contribution in [2.45, 2.75) is 0 Å². The Morgan fingerprint density at radius 1 is 1.06 bits per heavy atom. The Bertz CT molecular complexity index is 545. The maximum atomic E-state index is 10.9. The fourth-order valence-corrected chi connectivity index (χ4v) is 1.68. The third kappa shape index (κ3) is 3.76. The van der Waals surface area contributed by atoms with Gasteiger partial charge >= 0.3 is 0 Å². The number of aromatic carboxylic acids is 2. The summed E-state index contributed by atoms with van der Waals surface area (Å²) in [5.74, 6) is -3.24. The number of hydrogen-bond acceptors (Lipinski definition) is 6. The molecule has 0 fully saturated rings. The predicted octanol–water partition coefficient (Wildman–Crippen LogP) is -2.21. The van der Waals surface area contributed by atoms with Crippen molar-refractivity contribution in [2.75, 3.05) is 11.0 Å². The zero-order valence-electron chi connectivity index (χ0n) is 8.59. The highest BCUT2D eigenvalue weighted by Crippen LogP contribution is 2.15. The summed E-state index contributed by atoms with van der Waals surface area (Å²) in [4.78, 5) is 21.2. The second kappa shape index (κ2) is 4.42. The number of carbonyl (C=O) groups is 2. The van der Waals surface area contributed by atoms with Crippen LogP contribution in [0.15, 0.2) is 18.2 Å². The van der Waals surface area contributed by atoms with Crippen molar-refractivity contribution >= 4 is 27.6 Å². The number of benzene rings is 1. The molecule has 1 N–H and O–H groups in total. The van der Waals surface area contributed by atoms with Gasteiger partial charge in [-0.05, 0) is 29.3 Å². The molecule has 1 aromatic rings. The highest BCUT2D eigenvalue weighted by molar-refractivity contribution is 7.92. The second-order valence-corrected chi connectivity index (χ2v) is 5.00. The van der Waals surface area contributed by atoms with E-state index in [1.165, 1.54) is 0 Å². The van der Waals surface area contributed by atoms with Crippen molar-refractivity contribution in [2.24, 2.45) is 0 Å². The summed E-state index contributed by atoms with van der Waals surface area (Å²) in [6, 6.07) is 2.71. The minimum Gasteiger partial charge on any atom is -0.545 e. The first-order valence-corrected chi connectivity index (χ1v) is 6.14. The lowest BCUT2D eigenvalue weighted by atomic mass is 10.1. The Kier molecular flexibility index (Phi) is 3.37. The van der Waals surface area contributed by atoms with Gasteiger partial charge in [0.1, 0.15) is 0 Å². The second-order valence-electron chi connectivity index (χ2n) is 3.25. The Morgan fingerprint density at radius 3 is 1.76 bits per heavy atom. The topological polar surface area (TPSA) is 126 Å². The largest absolute Gasteiger partial charge is 0.545 e. The maximum Gasteiger partial charge on any atom is 0.229 e. The molecule has 0 saturated carbocycles. The number of carboxylic acids is 2. The van der Waals surface area contributed by atoms with Crippen LogP contribution in [0.25, 0.3) is 0 Å². The van der Waals surface area contributed by atoms with E-state index >= 15 is 0 Å². The van der Waals surface area contributed by atoms with E-state index in [0.717, 1.165) is 24.5 Å². The van der Waals surface area contributed by atoms with Crippen molar-refractivity contribution in [3.8, 4) is 0 Å². The molecule has 1 rings (SSSR count). The molecule has 0 unspecified atom stereocenters. The lowest BCUT2D eigenvalue weighted by Gasteiger charge is -2.11. The third-order valence-electron chi connectivity index (χ3n) is 1.71. The maximum absolute atomic E-state index is 10.9. The normalized spacial score (nSPS) is 10.9. The van der Waals surface area contributed by atoms with Crippen LogP contribution in [0.1, 0.15) is 20.7 Å². The van der Waals surface area contributed by atoms with Crippen molar-refractivity contribution in [3.63, 3.8) is 0 Å². The standard InChI is InChI=1S/C9H9NO6S/c1-17(15,16)10-7-3-5(8(11)12)2-6(4-7)9(13)14/h2-4,10H,1H3,(H,11,12)(H,13,14)/p-2. The number of rotatable bonds is 4. The molecule has 8 heteroatoms. The van der Waals surface area contributed by atoms with E-state index < -0.39 is 33.1 Å². The van der Waals surface area contributed by atoms with E-state index in [9.17, 15) is 28.2 Å². The van der Waals surface area contributed by atoms with Crippen LogP contribution < -0.4 is 14.9 Å². The van der Waals surface area contributed by atoms with E-state index in [-0.39, 0.29) is 5.69 Å². The Morgan fingerprint density at radius 2 is 1.47 bits per heavy atom. The molecule has 0 amide bonds. The molecule has 0 aromatic heterocycles. The minimum absolute atomic E-state index is 0.187. The SMILES string of the molecule is CS(=O)(=O)Nc1cc(C(=O)[O-])cc(C(=O)[O-])c1. The average Bonchev–Trinajstić information content (AvgIpc) is 2.14. The highest BCUT2D eigenvalue weighted by Gasteiger charge is 2.06. The minimum atomic E-state index is -3.64. The van der Waals surface area contributed by atoms with E-state index in [1.807, 2.05) is 4.72 Å². The van der Waals surface area contributed by atoms with Gasteiger partial charge in [-0.15, -0.1) is 0 Å². The van der Waals surface area contributed by atoms with Crippen LogP contribution in [0.3, 0.4) is 0 Å². The van der Waals surface area contributed by atoms with Gasteiger partial charge in [0.15, 0.2) is 0 Å². The third-order valence-corrected chi connectivity index (χ3v) is 2.31. The summed E-state index contributed by atoms with van der Waals surface area (Å²) in [6.07, 6.45) is 0.845. The smallest absolute Gasteiger partial charge is 0.229 e. The molecule has 92 valence electrons. The van der Waals surface area contributed by atoms with Gasteiger partial charge in [0.25, 0.3) is 0 Å². The molecule has 0 bridgehead atoms. The number of carboxylic acid groups (broad SMARTS) is 2. The highest BCUT2D eigenvalue weighted by atomic mass is 32.2. The van der Waals surface area contributed by atoms with Gasteiger partial charge < -0.3 is 19.8 Å². The average molecular weight is 257 g/mol. The molecule has 0 aliphatic carbocycles. The first kappa shape index (κ1) is 13.0. The summed E-state index contributed by atoms with van der Waals surface area (Å²) in [6.45, 7) is 0. The van der Waals surface area contributed by atoms with Gasteiger partial charge in [0.05, 0.1) is 18.2 Å². The van der Waals surface area contributed by atoms with E-state index in [2.05, 4.69) is 0 Å². The lowest BCUT2D eigenvalue weighted by molar-refractivity contribution is -0.255. The van der Waals surface area contributed by atoms with Gasteiger partial charge in [0, 0.05) is 5.69 Å². The summed E-state index contributed by atoms with van der Waals surface area (Å²) in [5.41, 5.74) is -1.11. The van der Waals surface area contributed by atoms with Crippen LogP contribution in [0.5, 0.6) is 0 Å². The molecule has 0 radical (unpaired) electrons. The molecule has 1 aromatic carbocycles. The van der Waals surface area contributed by atoms with Crippen LogP contribution in [0.2, 0.25) is 0 Å². The molecule has 0 saturated heterocycles. The molecular weight excluding hydrogens is 250 g/mol. The van der Waals surface area contributed by atoms with Crippen LogP contribution in [0.4, 0.5) is 5.69 Å². The Balaban J connectivity index is 3.31. The van der Waals surface area contributed by atoms with Crippen LogP contribution in [-0.4, -0.2) is 26.6 Å². The van der Waals surface area contributed by atoms with Gasteiger partial charge in [-0.25, -0.2) is 8.42 Å². The lowest BCUT2D eigenvalue weighted by Crippen LogP contribution is -2.26. The zero-order valence-corrected chi connectivity index (χ0v) is 9.41. The Labute approximate surface area is 96.7 Å². The number of carbonyl (C=O) groups excluding carboxylic acids is 2. The van der Waals surface area contributed by atoms with Gasteiger partial charge in [0.2, 0.25) is 10.0 Å². The van der Waals surface area contributed by atoms with E-state index in [0.29, 0.717) is 0 Å². The van der Waals surface area contributed by atoms with Crippen molar-refractivity contribution in [3.05, 3.63) is 29.3 Å². The molecule has 0 heterocycles. The van der Waals surface area contributed by atoms with E-state index in [4.69, 9.17) is 0 Å². The molecule has 0 aliphatic heterocycles. The summed E-state index contributed by atoms with van der Waals surface area (Å²) < 4.78 is 23.8. The quantitative estimate of drug-likeness (QED) is 0.651. The van der Waals surface area contributed by atoms with Gasteiger partial charge in [-0.2, -0.15) is 0 Å². The Hall–Kier alpha value is -2.09. The van der Waals surface area contributed by atoms with Gasteiger partial charge in [-0.3, -0.25) is 4.72 Å². The number of nitrogens with one attached hydrogen (secondary N) is 1.